The van der Waals surface area contributed by atoms with Gasteiger partial charge in [-0.05, 0) is 92.0 Å². The first kappa shape index (κ1) is 35.9. The van der Waals surface area contributed by atoms with Gasteiger partial charge in [0.2, 0.25) is 0 Å². The molecule has 0 atom stereocenters. The van der Waals surface area contributed by atoms with Crippen LogP contribution in [-0.4, -0.2) is 15.0 Å². The molecule has 4 heteroatoms. The monoisotopic (exact) mass is 779 g/mol. The van der Waals surface area contributed by atoms with Crippen LogP contribution in [0.25, 0.3) is 112 Å². The lowest BCUT2D eigenvalue weighted by Gasteiger charge is -2.19. The highest BCUT2D eigenvalue weighted by Gasteiger charge is 2.19. The zero-order valence-corrected chi connectivity index (χ0v) is 33.1. The van der Waals surface area contributed by atoms with E-state index in [0.29, 0.717) is 17.5 Å². The summed E-state index contributed by atoms with van der Waals surface area (Å²) in [5, 5.41) is 2.24. The largest absolute Gasteiger partial charge is 0.456 e. The molecule has 0 aliphatic carbocycles. The van der Waals surface area contributed by atoms with Crippen LogP contribution in [0.4, 0.5) is 0 Å². The molecule has 0 N–H and O–H groups in total. The Kier molecular flexibility index (Phi) is 9.14. The normalized spacial score (nSPS) is 11.3. The molecule has 0 unspecified atom stereocenters. The molecule has 0 fully saturated rings. The standard InChI is InChI=1S/C57H37N3O/c1-5-16-38(17-6-1)47-35-50(54(41-18-7-2-8-19-41)51(36-47)45-32-33-49-48-26-13-14-27-52(48)61-53(49)37-45)40-30-28-39(29-31-40)44-24-15-25-46(34-44)57-59-55(42-20-9-3-10-21-42)58-56(60-57)43-22-11-4-12-23-43/h1-37H. The molecule has 61 heavy (non-hydrogen) atoms. The summed E-state index contributed by atoms with van der Waals surface area (Å²) in [6, 6.07) is 78.5. The molecule has 0 aliphatic rings. The molecular weight excluding hydrogens is 743 g/mol. The molecule has 2 aromatic heterocycles. The van der Waals surface area contributed by atoms with Crippen molar-refractivity contribution in [2.75, 3.05) is 0 Å². The van der Waals surface area contributed by atoms with E-state index in [1.165, 1.54) is 5.56 Å². The summed E-state index contributed by atoms with van der Waals surface area (Å²) in [4.78, 5) is 14.9. The van der Waals surface area contributed by atoms with Crippen molar-refractivity contribution in [3.05, 3.63) is 224 Å². The number of fused-ring (bicyclic) bond motifs is 3. The van der Waals surface area contributed by atoms with Crippen LogP contribution < -0.4 is 0 Å². The zero-order valence-electron chi connectivity index (χ0n) is 33.1. The molecule has 11 rings (SSSR count). The maximum Gasteiger partial charge on any atom is 0.164 e. The fraction of sp³-hybridized carbons (Fsp3) is 0. The molecule has 11 aromatic rings. The highest BCUT2D eigenvalue weighted by molar-refractivity contribution is 6.07. The minimum atomic E-state index is 0.629. The minimum Gasteiger partial charge on any atom is -0.456 e. The van der Waals surface area contributed by atoms with E-state index in [1.807, 2.05) is 72.8 Å². The van der Waals surface area contributed by atoms with Gasteiger partial charge < -0.3 is 4.42 Å². The fourth-order valence-corrected chi connectivity index (χ4v) is 8.32. The lowest BCUT2D eigenvalue weighted by atomic mass is 9.84. The Morgan fingerprint density at radius 1 is 0.246 bits per heavy atom. The van der Waals surface area contributed by atoms with Crippen molar-refractivity contribution in [1.29, 1.82) is 0 Å². The highest BCUT2D eigenvalue weighted by atomic mass is 16.3. The highest BCUT2D eigenvalue weighted by Crippen LogP contribution is 2.45. The molecule has 0 saturated carbocycles. The minimum absolute atomic E-state index is 0.629. The van der Waals surface area contributed by atoms with Gasteiger partial charge in [-0.1, -0.05) is 188 Å². The molecule has 0 radical (unpaired) electrons. The summed E-state index contributed by atoms with van der Waals surface area (Å²) >= 11 is 0. The van der Waals surface area contributed by atoms with Gasteiger partial charge in [0.15, 0.2) is 17.5 Å². The van der Waals surface area contributed by atoms with Gasteiger partial charge in [0.1, 0.15) is 11.2 Å². The summed E-state index contributed by atoms with van der Waals surface area (Å²) < 4.78 is 6.42. The van der Waals surface area contributed by atoms with Crippen LogP contribution in [0.15, 0.2) is 229 Å². The van der Waals surface area contributed by atoms with Gasteiger partial charge in [-0.15, -0.1) is 0 Å². The number of aromatic nitrogens is 3. The Labute approximate surface area is 354 Å². The third-order valence-electron chi connectivity index (χ3n) is 11.3. The summed E-state index contributed by atoms with van der Waals surface area (Å²) in [5.74, 6) is 1.91. The molecule has 2 heterocycles. The zero-order chi connectivity index (χ0) is 40.5. The number of furan rings is 1. The van der Waals surface area contributed by atoms with E-state index in [4.69, 9.17) is 19.4 Å². The van der Waals surface area contributed by atoms with E-state index < -0.39 is 0 Å². The van der Waals surface area contributed by atoms with Gasteiger partial charge in [0, 0.05) is 27.5 Å². The first-order valence-corrected chi connectivity index (χ1v) is 20.5. The molecule has 0 amide bonds. The Hall–Kier alpha value is -8.21. The number of hydrogen-bond donors (Lipinski definition) is 0. The summed E-state index contributed by atoms with van der Waals surface area (Å²) in [7, 11) is 0. The number of rotatable bonds is 8. The predicted octanol–water partition coefficient (Wildman–Crippen LogP) is 15.1. The Bertz CT molecular complexity index is 3270. The summed E-state index contributed by atoms with van der Waals surface area (Å²) in [6.45, 7) is 0. The van der Waals surface area contributed by atoms with Crippen LogP contribution in [-0.2, 0) is 0 Å². The van der Waals surface area contributed by atoms with Crippen molar-refractivity contribution in [3.8, 4) is 89.8 Å². The van der Waals surface area contributed by atoms with Crippen molar-refractivity contribution >= 4 is 21.9 Å². The smallest absolute Gasteiger partial charge is 0.164 e. The Morgan fingerprint density at radius 3 is 1.33 bits per heavy atom. The van der Waals surface area contributed by atoms with Crippen molar-refractivity contribution in [3.63, 3.8) is 0 Å². The van der Waals surface area contributed by atoms with Crippen molar-refractivity contribution in [2.45, 2.75) is 0 Å². The number of hydrogen-bond acceptors (Lipinski definition) is 4. The first-order chi connectivity index (χ1) is 30.2. The Morgan fingerprint density at radius 2 is 0.689 bits per heavy atom. The average Bonchev–Trinajstić information content (AvgIpc) is 3.73. The van der Waals surface area contributed by atoms with Crippen molar-refractivity contribution < 1.29 is 4.42 Å². The van der Waals surface area contributed by atoms with Crippen LogP contribution in [0, 0.1) is 0 Å². The summed E-state index contributed by atoms with van der Waals surface area (Å²) in [6.07, 6.45) is 0. The molecule has 4 nitrogen and oxygen atoms in total. The van der Waals surface area contributed by atoms with Crippen molar-refractivity contribution in [1.82, 2.24) is 15.0 Å². The molecule has 9 aromatic carbocycles. The topological polar surface area (TPSA) is 51.8 Å². The van der Waals surface area contributed by atoms with Crippen LogP contribution >= 0.6 is 0 Å². The van der Waals surface area contributed by atoms with Crippen LogP contribution in [0.1, 0.15) is 0 Å². The maximum atomic E-state index is 6.42. The second-order valence-corrected chi connectivity index (χ2v) is 15.2. The molecule has 0 bridgehead atoms. The van der Waals surface area contributed by atoms with Crippen molar-refractivity contribution in [2.24, 2.45) is 0 Å². The van der Waals surface area contributed by atoms with Gasteiger partial charge in [0.05, 0.1) is 0 Å². The molecule has 0 saturated heterocycles. The third-order valence-corrected chi connectivity index (χ3v) is 11.3. The van der Waals surface area contributed by atoms with Crippen LogP contribution in [0.2, 0.25) is 0 Å². The first-order valence-electron chi connectivity index (χ1n) is 20.5. The SMILES string of the molecule is c1ccc(-c2cc(-c3ccc(-c4cccc(-c5nc(-c6ccccc6)nc(-c6ccccc6)n5)c4)cc3)c(-c3ccccc3)c(-c3ccc4c(c3)oc3ccccc34)c2)cc1. The van der Waals surface area contributed by atoms with Gasteiger partial charge in [-0.25, -0.2) is 15.0 Å². The third kappa shape index (κ3) is 6.96. The van der Waals surface area contributed by atoms with E-state index in [1.54, 1.807) is 0 Å². The number of para-hydroxylation sites is 1. The molecule has 0 aliphatic heterocycles. The second kappa shape index (κ2) is 15.5. The van der Waals surface area contributed by atoms with Gasteiger partial charge in [-0.2, -0.15) is 0 Å². The average molecular weight is 780 g/mol. The molecule has 0 spiro atoms. The van der Waals surface area contributed by atoms with E-state index in [0.717, 1.165) is 88.7 Å². The molecule has 286 valence electrons. The van der Waals surface area contributed by atoms with E-state index >= 15 is 0 Å². The van der Waals surface area contributed by atoms with Gasteiger partial charge >= 0.3 is 0 Å². The van der Waals surface area contributed by atoms with E-state index in [-0.39, 0.29) is 0 Å². The second-order valence-electron chi connectivity index (χ2n) is 15.2. The molecular formula is C57H37N3O. The number of nitrogens with zero attached hydrogens (tertiary/aromatic N) is 3. The lowest BCUT2D eigenvalue weighted by Crippen LogP contribution is -2.00. The van der Waals surface area contributed by atoms with Crippen LogP contribution in [0.3, 0.4) is 0 Å². The fourth-order valence-electron chi connectivity index (χ4n) is 8.32. The van der Waals surface area contributed by atoms with E-state index in [2.05, 4.69) is 152 Å². The van der Waals surface area contributed by atoms with Gasteiger partial charge in [0.25, 0.3) is 0 Å². The number of benzene rings is 9. The maximum absolute atomic E-state index is 6.42. The quantitative estimate of drug-likeness (QED) is 0.154. The predicted molar refractivity (Wildman–Crippen MR) is 251 cm³/mol. The Balaban J connectivity index is 1.03. The summed E-state index contributed by atoms with van der Waals surface area (Å²) in [5.41, 5.74) is 15.9. The van der Waals surface area contributed by atoms with Crippen LogP contribution in [0.5, 0.6) is 0 Å². The van der Waals surface area contributed by atoms with Gasteiger partial charge in [-0.3, -0.25) is 0 Å². The lowest BCUT2D eigenvalue weighted by molar-refractivity contribution is 0.669. The van der Waals surface area contributed by atoms with E-state index in [9.17, 15) is 0 Å².